The summed E-state index contributed by atoms with van der Waals surface area (Å²) in [5, 5.41) is 0. The third-order valence-corrected chi connectivity index (χ3v) is 6.69. The molecule has 3 rings (SSSR count). The van der Waals surface area contributed by atoms with E-state index in [-0.39, 0.29) is 11.9 Å². The zero-order valence-electron chi connectivity index (χ0n) is 18.7. The molecule has 0 unspecified atom stereocenters. The molecule has 2 fully saturated rings. The Labute approximate surface area is 179 Å². The number of nitrogens with zero attached hydrogens (tertiary/aromatic N) is 3. The smallest absolute Gasteiger partial charge is 0.327 e. The molecule has 3 amide bonds. The van der Waals surface area contributed by atoms with Gasteiger partial charge < -0.3 is 19.3 Å². The van der Waals surface area contributed by atoms with Gasteiger partial charge in [-0.2, -0.15) is 0 Å². The first-order chi connectivity index (χ1) is 14.5. The number of hydrogen-bond acceptors (Lipinski definition) is 5. The van der Waals surface area contributed by atoms with Crippen LogP contribution in [0.3, 0.4) is 0 Å². The number of urea groups is 1. The number of hydrogen-bond donors (Lipinski definition) is 0. The van der Waals surface area contributed by atoms with Gasteiger partial charge in [-0.25, -0.2) is 4.79 Å². The van der Waals surface area contributed by atoms with E-state index >= 15 is 0 Å². The average molecular weight is 418 g/mol. The number of likely N-dealkylation sites (tertiary alicyclic amines) is 1. The lowest BCUT2D eigenvalue weighted by molar-refractivity contribution is -0.136. The Morgan fingerprint density at radius 3 is 2.33 bits per heavy atom. The molecule has 2 aliphatic heterocycles. The van der Waals surface area contributed by atoms with Gasteiger partial charge in [-0.1, -0.05) is 19.1 Å². The fourth-order valence-electron chi connectivity index (χ4n) is 4.59. The number of rotatable bonds is 9. The Morgan fingerprint density at radius 1 is 1.10 bits per heavy atom. The first kappa shape index (κ1) is 22.6. The fraction of sp³-hybridized carbons (Fsp3) is 0.652. The molecule has 0 saturated carbocycles. The number of ether oxygens (including phenoxy) is 2. The molecule has 166 valence electrons. The zero-order valence-corrected chi connectivity index (χ0v) is 18.7. The van der Waals surface area contributed by atoms with Crippen LogP contribution >= 0.6 is 0 Å². The summed E-state index contributed by atoms with van der Waals surface area (Å²) in [7, 11) is 3.28. The van der Waals surface area contributed by atoms with Gasteiger partial charge in [-0.15, -0.1) is 0 Å². The molecule has 0 N–H and O–H groups in total. The van der Waals surface area contributed by atoms with Crippen LogP contribution in [0.15, 0.2) is 24.3 Å². The highest BCUT2D eigenvalue weighted by Gasteiger charge is 2.57. The lowest BCUT2D eigenvalue weighted by atomic mass is 9.85. The quantitative estimate of drug-likeness (QED) is 0.456. The Balaban J connectivity index is 1.80. The second kappa shape index (κ2) is 9.79. The van der Waals surface area contributed by atoms with Crippen LogP contribution in [0.5, 0.6) is 5.75 Å². The molecule has 0 radical (unpaired) electrons. The topological polar surface area (TPSA) is 62.3 Å². The Kier molecular flexibility index (Phi) is 7.36. The summed E-state index contributed by atoms with van der Waals surface area (Å²) in [5.74, 6) is 0.706. The van der Waals surface area contributed by atoms with Crippen LogP contribution in [0.25, 0.3) is 0 Å². The maximum Gasteiger partial charge on any atom is 0.327 e. The highest BCUT2D eigenvalue weighted by atomic mass is 16.5. The molecule has 7 nitrogen and oxygen atoms in total. The van der Waals surface area contributed by atoms with Crippen LogP contribution in [0.1, 0.15) is 45.1 Å². The molecule has 2 aliphatic rings. The third-order valence-electron chi connectivity index (χ3n) is 6.69. The number of carbonyl (C=O) groups excluding carboxylic acids is 2. The van der Waals surface area contributed by atoms with E-state index in [1.165, 1.54) is 4.90 Å². The fourth-order valence-corrected chi connectivity index (χ4v) is 4.59. The molecule has 1 aromatic rings. The second-order valence-electron chi connectivity index (χ2n) is 8.34. The first-order valence-corrected chi connectivity index (χ1v) is 11.0. The minimum absolute atomic E-state index is 0.0514. The molecule has 1 atom stereocenters. The van der Waals surface area contributed by atoms with Gasteiger partial charge in [0.2, 0.25) is 0 Å². The van der Waals surface area contributed by atoms with Gasteiger partial charge in [0.25, 0.3) is 5.91 Å². The molecule has 0 aliphatic carbocycles. The molecule has 30 heavy (non-hydrogen) atoms. The number of methoxy groups -OCH3 is 2. The Hall–Kier alpha value is -2.12. The van der Waals surface area contributed by atoms with Crippen molar-refractivity contribution < 1.29 is 19.1 Å². The molecule has 0 aromatic heterocycles. The molecule has 2 heterocycles. The molecule has 1 spiro atoms. The van der Waals surface area contributed by atoms with Gasteiger partial charge >= 0.3 is 6.03 Å². The molecule has 2 saturated heterocycles. The molecular formula is C23H35N3O4. The van der Waals surface area contributed by atoms with Gasteiger partial charge in [0, 0.05) is 39.4 Å². The lowest BCUT2D eigenvalue weighted by Gasteiger charge is -2.44. The monoisotopic (exact) mass is 417 g/mol. The number of piperidine rings is 1. The normalized spacial score (nSPS) is 20.3. The lowest BCUT2D eigenvalue weighted by Crippen LogP contribution is -2.57. The van der Waals surface area contributed by atoms with Gasteiger partial charge in [-0.3, -0.25) is 9.69 Å². The minimum atomic E-state index is -0.721. The van der Waals surface area contributed by atoms with Crippen molar-refractivity contribution in [2.75, 3.05) is 40.5 Å². The van der Waals surface area contributed by atoms with E-state index in [0.29, 0.717) is 38.6 Å². The Bertz CT molecular complexity index is 728. The zero-order chi connectivity index (χ0) is 21.7. The van der Waals surface area contributed by atoms with E-state index in [1.54, 1.807) is 14.2 Å². The molecule has 1 aromatic carbocycles. The maximum absolute atomic E-state index is 13.6. The number of imide groups is 1. The predicted octanol–water partition coefficient (Wildman–Crippen LogP) is 3.13. The summed E-state index contributed by atoms with van der Waals surface area (Å²) in [6, 6.07) is 7.85. The van der Waals surface area contributed by atoms with Gasteiger partial charge in [0.05, 0.1) is 13.7 Å². The third kappa shape index (κ3) is 4.32. The van der Waals surface area contributed by atoms with Crippen molar-refractivity contribution in [3.63, 3.8) is 0 Å². The number of amides is 3. The van der Waals surface area contributed by atoms with Gasteiger partial charge in [0.1, 0.15) is 11.3 Å². The number of carbonyl (C=O) groups is 2. The van der Waals surface area contributed by atoms with E-state index in [9.17, 15) is 9.59 Å². The van der Waals surface area contributed by atoms with Crippen LogP contribution in [0.4, 0.5) is 4.79 Å². The van der Waals surface area contributed by atoms with Crippen molar-refractivity contribution in [2.24, 2.45) is 0 Å². The summed E-state index contributed by atoms with van der Waals surface area (Å²) in [4.78, 5) is 32.6. The van der Waals surface area contributed by atoms with E-state index in [1.807, 2.05) is 29.2 Å². The van der Waals surface area contributed by atoms with E-state index in [4.69, 9.17) is 9.47 Å². The molecular weight excluding hydrogens is 382 g/mol. The highest BCUT2D eigenvalue weighted by Crippen LogP contribution is 2.38. The van der Waals surface area contributed by atoms with Crippen LogP contribution < -0.4 is 4.74 Å². The van der Waals surface area contributed by atoms with Gasteiger partial charge in [-0.05, 0) is 50.3 Å². The van der Waals surface area contributed by atoms with Crippen molar-refractivity contribution in [3.8, 4) is 5.75 Å². The minimum Gasteiger partial charge on any atom is -0.497 e. The molecule has 7 heteroatoms. The van der Waals surface area contributed by atoms with Crippen molar-refractivity contribution in [1.82, 2.24) is 14.7 Å². The summed E-state index contributed by atoms with van der Waals surface area (Å²) in [6.45, 7) is 7.50. The van der Waals surface area contributed by atoms with E-state index in [2.05, 4.69) is 18.7 Å². The summed E-state index contributed by atoms with van der Waals surface area (Å²) in [5.41, 5.74) is 0.199. The maximum atomic E-state index is 13.6. The SMILES string of the molecule is CC[C@H](C)N1CCC2(CC1)C(=O)N(Cc1ccc(OC)cc1)C(=O)N2CCCOC. The largest absolute Gasteiger partial charge is 0.497 e. The van der Waals surface area contributed by atoms with Crippen LogP contribution in [-0.4, -0.2) is 78.7 Å². The van der Waals surface area contributed by atoms with Crippen molar-refractivity contribution in [3.05, 3.63) is 29.8 Å². The standard InChI is InChI=1S/C23H35N3O4/c1-5-18(2)24-14-11-23(12-15-24)21(27)25(22(28)26(23)13-6-16-29-3)17-19-7-9-20(30-4)10-8-19/h7-10,18H,5-6,11-17H2,1-4H3/t18-/m0/s1. The highest BCUT2D eigenvalue weighted by molar-refractivity contribution is 6.07. The van der Waals surface area contributed by atoms with Crippen LogP contribution in [0.2, 0.25) is 0 Å². The van der Waals surface area contributed by atoms with Crippen molar-refractivity contribution in [1.29, 1.82) is 0 Å². The average Bonchev–Trinajstić information content (AvgIpc) is 2.96. The molecule has 0 bridgehead atoms. The second-order valence-corrected chi connectivity index (χ2v) is 8.34. The van der Waals surface area contributed by atoms with Crippen molar-refractivity contribution >= 4 is 11.9 Å². The van der Waals surface area contributed by atoms with E-state index in [0.717, 1.165) is 37.2 Å². The summed E-state index contributed by atoms with van der Waals surface area (Å²) < 4.78 is 10.4. The Morgan fingerprint density at radius 2 is 1.77 bits per heavy atom. The summed E-state index contributed by atoms with van der Waals surface area (Å²) in [6.07, 6.45) is 3.19. The van der Waals surface area contributed by atoms with Crippen molar-refractivity contribution in [2.45, 2.75) is 57.7 Å². The number of benzene rings is 1. The van der Waals surface area contributed by atoms with E-state index < -0.39 is 5.54 Å². The first-order valence-electron chi connectivity index (χ1n) is 11.0. The van der Waals surface area contributed by atoms with Crippen LogP contribution in [0, 0.1) is 0 Å². The van der Waals surface area contributed by atoms with Gasteiger partial charge in [0.15, 0.2) is 0 Å². The van der Waals surface area contributed by atoms with Crippen LogP contribution in [-0.2, 0) is 16.1 Å². The predicted molar refractivity (Wildman–Crippen MR) is 115 cm³/mol. The summed E-state index contributed by atoms with van der Waals surface area (Å²) >= 11 is 0.